The van der Waals surface area contributed by atoms with E-state index in [1.807, 2.05) is 6.08 Å². The molecule has 0 aromatic rings. The topological polar surface area (TPSA) is 95.9 Å². The fraction of sp³-hybridized carbons (Fsp3) is 0.833. The molecule has 0 aliphatic carbocycles. The van der Waals surface area contributed by atoms with Gasteiger partial charge in [0.15, 0.2) is 0 Å². The van der Waals surface area contributed by atoms with Crippen molar-refractivity contribution < 1.29 is 24.5 Å². The lowest BCUT2D eigenvalue weighted by Crippen LogP contribution is -2.45. The van der Waals surface area contributed by atoms with Gasteiger partial charge in [0.25, 0.3) is 0 Å². The summed E-state index contributed by atoms with van der Waals surface area (Å²) in [5.74, 6) is -0.121. The molecular weight excluding hydrogens is 815 g/mol. The van der Waals surface area contributed by atoms with Gasteiger partial charge in [-0.3, -0.25) is 9.59 Å². The Hall–Kier alpha value is -2.18. The minimum Gasteiger partial charge on any atom is -0.466 e. The number of esters is 1. The van der Waals surface area contributed by atoms with Gasteiger partial charge in [-0.1, -0.05) is 242 Å². The summed E-state index contributed by atoms with van der Waals surface area (Å²) in [4.78, 5) is 24.5. The first kappa shape index (κ1) is 63.8. The third-order valence-corrected chi connectivity index (χ3v) is 13.1. The number of hydrogen-bond donors (Lipinski definition) is 3. The molecule has 1 amide bonds. The van der Waals surface area contributed by atoms with Gasteiger partial charge in [0.1, 0.15) is 0 Å². The van der Waals surface area contributed by atoms with Crippen LogP contribution >= 0.6 is 0 Å². The normalized spacial score (nSPS) is 13.0. The van der Waals surface area contributed by atoms with E-state index in [1.165, 1.54) is 193 Å². The second-order valence-electron chi connectivity index (χ2n) is 19.6. The van der Waals surface area contributed by atoms with Gasteiger partial charge in [0, 0.05) is 12.8 Å². The predicted molar refractivity (Wildman–Crippen MR) is 287 cm³/mol. The highest BCUT2D eigenvalue weighted by molar-refractivity contribution is 5.76. The Morgan fingerprint density at radius 3 is 1.17 bits per heavy atom. The highest BCUT2D eigenvalue weighted by Gasteiger charge is 2.18. The van der Waals surface area contributed by atoms with Crippen LogP contribution in [-0.4, -0.2) is 47.4 Å². The highest BCUT2D eigenvalue weighted by atomic mass is 16.5. The SMILES string of the molecule is CCCCCCC/C=C\CCCCCCCC(=O)OCCCCC/C=C\C=C/CCCCCCCCC(=O)NC(CO)C(O)/C=C/CCCCCCCCCCCCCCCCCCCC. The first-order chi connectivity index (χ1) is 32.5. The fourth-order valence-electron chi connectivity index (χ4n) is 8.62. The van der Waals surface area contributed by atoms with Crippen LogP contribution in [0.5, 0.6) is 0 Å². The largest absolute Gasteiger partial charge is 0.466 e. The summed E-state index contributed by atoms with van der Waals surface area (Å²) in [6.45, 7) is 4.84. The Labute approximate surface area is 410 Å². The van der Waals surface area contributed by atoms with E-state index in [1.54, 1.807) is 6.08 Å². The van der Waals surface area contributed by atoms with E-state index in [-0.39, 0.29) is 18.5 Å². The number of nitrogens with one attached hydrogen (secondary N) is 1. The van der Waals surface area contributed by atoms with E-state index < -0.39 is 12.1 Å². The molecule has 0 heterocycles. The Balaban J connectivity index is 3.56. The van der Waals surface area contributed by atoms with Gasteiger partial charge in [0.2, 0.25) is 5.91 Å². The Bertz CT molecular complexity index is 1110. The molecule has 6 heteroatoms. The number of amides is 1. The van der Waals surface area contributed by atoms with Gasteiger partial charge in [0.05, 0.1) is 25.4 Å². The van der Waals surface area contributed by atoms with Crippen molar-refractivity contribution in [1.82, 2.24) is 5.32 Å². The first-order valence-corrected chi connectivity index (χ1v) is 28.9. The van der Waals surface area contributed by atoms with Gasteiger partial charge >= 0.3 is 5.97 Å². The van der Waals surface area contributed by atoms with Crippen molar-refractivity contribution in [3.63, 3.8) is 0 Å². The van der Waals surface area contributed by atoms with Crippen molar-refractivity contribution in [3.8, 4) is 0 Å². The molecule has 0 aliphatic heterocycles. The van der Waals surface area contributed by atoms with E-state index in [4.69, 9.17) is 4.74 Å². The highest BCUT2D eigenvalue weighted by Crippen LogP contribution is 2.16. The van der Waals surface area contributed by atoms with Gasteiger partial charge in [-0.25, -0.2) is 0 Å². The molecule has 0 bridgehead atoms. The second kappa shape index (κ2) is 55.4. The molecule has 0 aromatic heterocycles. The van der Waals surface area contributed by atoms with Crippen LogP contribution in [0.1, 0.15) is 296 Å². The smallest absolute Gasteiger partial charge is 0.305 e. The lowest BCUT2D eigenvalue weighted by atomic mass is 10.0. The number of carbonyl (C=O) groups is 2. The summed E-state index contributed by atoms with van der Waals surface area (Å²) in [5.41, 5.74) is 0. The molecule has 386 valence electrons. The summed E-state index contributed by atoms with van der Waals surface area (Å²) in [6.07, 6.45) is 69.9. The fourth-order valence-corrected chi connectivity index (χ4v) is 8.62. The minimum absolute atomic E-state index is 0.0317. The van der Waals surface area contributed by atoms with E-state index in [2.05, 4.69) is 55.6 Å². The number of hydrogen-bond acceptors (Lipinski definition) is 5. The van der Waals surface area contributed by atoms with Crippen LogP contribution in [-0.2, 0) is 14.3 Å². The Morgan fingerprint density at radius 2 is 0.758 bits per heavy atom. The van der Waals surface area contributed by atoms with Crippen molar-refractivity contribution in [2.45, 2.75) is 309 Å². The molecule has 6 nitrogen and oxygen atoms in total. The molecule has 0 saturated heterocycles. The zero-order valence-electron chi connectivity index (χ0n) is 43.9. The lowest BCUT2D eigenvalue weighted by Gasteiger charge is -2.20. The number of aliphatic hydroxyl groups excluding tert-OH is 2. The summed E-state index contributed by atoms with van der Waals surface area (Å²) in [7, 11) is 0. The lowest BCUT2D eigenvalue weighted by molar-refractivity contribution is -0.143. The maximum Gasteiger partial charge on any atom is 0.305 e. The minimum atomic E-state index is -0.861. The van der Waals surface area contributed by atoms with Crippen LogP contribution in [0, 0.1) is 0 Å². The van der Waals surface area contributed by atoms with Crippen molar-refractivity contribution in [1.29, 1.82) is 0 Å². The number of carbonyl (C=O) groups excluding carboxylic acids is 2. The van der Waals surface area contributed by atoms with E-state index in [0.717, 1.165) is 77.0 Å². The maximum atomic E-state index is 12.5. The monoisotopic (exact) mass is 926 g/mol. The molecule has 0 aliphatic rings. The quantitative estimate of drug-likeness (QED) is 0.0244. The molecule has 2 atom stereocenters. The summed E-state index contributed by atoms with van der Waals surface area (Å²) in [6, 6.07) is -0.646. The van der Waals surface area contributed by atoms with E-state index >= 15 is 0 Å². The second-order valence-corrected chi connectivity index (χ2v) is 19.6. The van der Waals surface area contributed by atoms with Crippen molar-refractivity contribution in [2.75, 3.05) is 13.2 Å². The standard InChI is InChI=1S/C60H111NO5/c1-3-5-7-9-11-13-15-17-19-20-21-22-23-25-28-32-36-40-44-48-52-58(63)57(56-62)61-59(64)53-49-45-41-37-33-29-26-24-27-31-35-39-43-47-51-55-66-60(65)54-50-46-42-38-34-30-18-16-14-12-10-8-6-4-2/h16,18,24,27,31,35,48,52,57-58,62-63H,3-15,17,19-23,25-26,28-30,32-34,36-47,49-51,53-56H2,1-2H3,(H,61,64)/b18-16-,27-24-,35-31-,52-48+. The van der Waals surface area contributed by atoms with Crippen LogP contribution in [0.4, 0.5) is 0 Å². The molecule has 0 aromatic carbocycles. The zero-order valence-corrected chi connectivity index (χ0v) is 43.9. The Kier molecular flexibility index (Phi) is 53.6. The van der Waals surface area contributed by atoms with Crippen molar-refractivity contribution >= 4 is 11.9 Å². The maximum absolute atomic E-state index is 12.5. The third-order valence-electron chi connectivity index (χ3n) is 13.1. The van der Waals surface area contributed by atoms with Crippen LogP contribution in [0.3, 0.4) is 0 Å². The van der Waals surface area contributed by atoms with Crippen LogP contribution in [0.2, 0.25) is 0 Å². The average molecular weight is 927 g/mol. The summed E-state index contributed by atoms with van der Waals surface area (Å²) in [5, 5.41) is 23.1. The first-order valence-electron chi connectivity index (χ1n) is 28.9. The molecule has 3 N–H and O–H groups in total. The molecular formula is C60H111NO5. The van der Waals surface area contributed by atoms with E-state index in [9.17, 15) is 19.8 Å². The molecule has 0 fully saturated rings. The number of unbranched alkanes of at least 4 members (excludes halogenated alkanes) is 37. The van der Waals surface area contributed by atoms with Crippen LogP contribution in [0.15, 0.2) is 48.6 Å². The van der Waals surface area contributed by atoms with Gasteiger partial charge in [-0.05, 0) is 89.9 Å². The molecule has 0 saturated carbocycles. The summed E-state index contributed by atoms with van der Waals surface area (Å²) >= 11 is 0. The van der Waals surface area contributed by atoms with Gasteiger partial charge in [-0.2, -0.15) is 0 Å². The van der Waals surface area contributed by atoms with Crippen molar-refractivity contribution in [3.05, 3.63) is 48.6 Å². The number of allylic oxidation sites excluding steroid dienone is 7. The molecule has 0 rings (SSSR count). The average Bonchev–Trinajstić information content (AvgIpc) is 3.32. The van der Waals surface area contributed by atoms with Gasteiger partial charge < -0.3 is 20.3 Å². The van der Waals surface area contributed by atoms with E-state index in [0.29, 0.717) is 19.4 Å². The number of rotatable bonds is 53. The zero-order chi connectivity index (χ0) is 47.9. The third kappa shape index (κ3) is 51.2. The molecule has 66 heavy (non-hydrogen) atoms. The molecule has 0 radical (unpaired) electrons. The predicted octanol–water partition coefficient (Wildman–Crippen LogP) is 17.8. The number of ether oxygens (including phenoxy) is 1. The van der Waals surface area contributed by atoms with Crippen LogP contribution < -0.4 is 5.32 Å². The molecule has 2 unspecified atom stereocenters. The number of aliphatic hydroxyl groups is 2. The van der Waals surface area contributed by atoms with Crippen LogP contribution in [0.25, 0.3) is 0 Å². The Morgan fingerprint density at radius 1 is 0.424 bits per heavy atom. The summed E-state index contributed by atoms with van der Waals surface area (Å²) < 4.78 is 5.44. The van der Waals surface area contributed by atoms with Crippen molar-refractivity contribution in [2.24, 2.45) is 0 Å². The van der Waals surface area contributed by atoms with Gasteiger partial charge in [-0.15, -0.1) is 0 Å². The molecule has 0 spiro atoms.